The molecule has 1 aromatic carbocycles. The smallest absolute Gasteiger partial charge is 0.407 e. The average Bonchev–Trinajstić information content (AvgIpc) is 2.45. The van der Waals surface area contributed by atoms with Crippen molar-refractivity contribution in [1.82, 2.24) is 5.32 Å². The van der Waals surface area contributed by atoms with E-state index in [1.54, 1.807) is 6.08 Å². The lowest BCUT2D eigenvalue weighted by molar-refractivity contribution is 0.0958. The minimum Gasteiger partial charge on any atom is -0.445 e. The largest absolute Gasteiger partial charge is 0.445 e. The van der Waals surface area contributed by atoms with Crippen LogP contribution in [0.2, 0.25) is 0 Å². The first-order chi connectivity index (χ1) is 10.0. The predicted molar refractivity (Wildman–Crippen MR) is 83.8 cm³/mol. The maximum absolute atomic E-state index is 11.8. The van der Waals surface area contributed by atoms with Gasteiger partial charge < -0.3 is 15.2 Å². The summed E-state index contributed by atoms with van der Waals surface area (Å²) in [5.74, 6) is 0.365. The molecule has 21 heavy (non-hydrogen) atoms. The fourth-order valence-corrected chi connectivity index (χ4v) is 2.07. The van der Waals surface area contributed by atoms with E-state index in [2.05, 4.69) is 11.9 Å². The van der Waals surface area contributed by atoms with Crippen LogP contribution in [0, 0.1) is 5.92 Å². The number of benzene rings is 1. The number of nitrogens with one attached hydrogen (secondary N) is 1. The number of carbonyl (C=O) groups excluding carboxylic acids is 1. The second kappa shape index (κ2) is 9.19. The van der Waals surface area contributed by atoms with Gasteiger partial charge in [0, 0.05) is 0 Å². The molecule has 116 valence electrons. The minimum atomic E-state index is -0.644. The summed E-state index contributed by atoms with van der Waals surface area (Å²) in [5.41, 5.74) is 0.930. The lowest BCUT2D eigenvalue weighted by atomic mass is 9.97. The third-order valence-corrected chi connectivity index (χ3v) is 3.11. The van der Waals surface area contributed by atoms with Crippen molar-refractivity contribution in [2.75, 3.05) is 0 Å². The first-order valence-corrected chi connectivity index (χ1v) is 7.29. The second-order valence-electron chi connectivity index (χ2n) is 5.53. The third-order valence-electron chi connectivity index (χ3n) is 3.11. The zero-order valence-corrected chi connectivity index (χ0v) is 12.8. The number of amides is 1. The summed E-state index contributed by atoms with van der Waals surface area (Å²) in [7, 11) is 0. The van der Waals surface area contributed by atoms with Gasteiger partial charge in [0.15, 0.2) is 0 Å². The highest BCUT2D eigenvalue weighted by molar-refractivity contribution is 5.67. The molecular formula is C17H25NO3. The summed E-state index contributed by atoms with van der Waals surface area (Å²) < 4.78 is 5.18. The fraction of sp³-hybridized carbons (Fsp3) is 0.471. The molecule has 0 aliphatic rings. The summed E-state index contributed by atoms with van der Waals surface area (Å²) in [6.07, 6.45) is 1.63. The number of ether oxygens (including phenoxy) is 1. The highest BCUT2D eigenvalue weighted by Gasteiger charge is 2.22. The molecule has 1 aromatic rings. The van der Waals surface area contributed by atoms with Crippen molar-refractivity contribution in [1.29, 1.82) is 0 Å². The fourth-order valence-electron chi connectivity index (χ4n) is 2.07. The van der Waals surface area contributed by atoms with Crippen LogP contribution in [0.1, 0.15) is 32.3 Å². The Morgan fingerprint density at radius 2 is 2.05 bits per heavy atom. The minimum absolute atomic E-state index is 0.221. The quantitative estimate of drug-likeness (QED) is 0.723. The van der Waals surface area contributed by atoms with E-state index in [9.17, 15) is 9.90 Å². The Hall–Kier alpha value is -1.81. The SMILES string of the molecule is C=CC[C@H](O)[C@@H](CC(C)C)NC(=O)OCc1ccccc1. The highest BCUT2D eigenvalue weighted by Crippen LogP contribution is 2.12. The molecule has 0 saturated heterocycles. The maximum atomic E-state index is 11.8. The van der Waals surface area contributed by atoms with E-state index in [0.29, 0.717) is 18.8 Å². The summed E-state index contributed by atoms with van der Waals surface area (Å²) in [5, 5.41) is 12.8. The topological polar surface area (TPSA) is 58.6 Å². The van der Waals surface area contributed by atoms with Crippen LogP contribution >= 0.6 is 0 Å². The molecule has 4 heteroatoms. The molecule has 2 atom stereocenters. The second-order valence-corrected chi connectivity index (χ2v) is 5.53. The van der Waals surface area contributed by atoms with Crippen LogP contribution in [-0.4, -0.2) is 23.3 Å². The van der Waals surface area contributed by atoms with Crippen LogP contribution in [-0.2, 0) is 11.3 Å². The Kier molecular flexibility index (Phi) is 7.54. The van der Waals surface area contributed by atoms with Crippen molar-refractivity contribution in [3.63, 3.8) is 0 Å². The van der Waals surface area contributed by atoms with Gasteiger partial charge >= 0.3 is 6.09 Å². The van der Waals surface area contributed by atoms with Crippen LogP contribution in [0.15, 0.2) is 43.0 Å². The van der Waals surface area contributed by atoms with Crippen molar-refractivity contribution in [3.8, 4) is 0 Å². The van der Waals surface area contributed by atoms with E-state index >= 15 is 0 Å². The number of aliphatic hydroxyl groups excluding tert-OH is 1. The molecule has 0 saturated carbocycles. The van der Waals surface area contributed by atoms with Gasteiger partial charge in [0.05, 0.1) is 12.1 Å². The molecule has 4 nitrogen and oxygen atoms in total. The Morgan fingerprint density at radius 3 is 2.62 bits per heavy atom. The summed E-state index contributed by atoms with van der Waals surface area (Å²) >= 11 is 0. The monoisotopic (exact) mass is 291 g/mol. The highest BCUT2D eigenvalue weighted by atomic mass is 16.5. The zero-order chi connectivity index (χ0) is 15.7. The molecule has 0 aliphatic carbocycles. The number of hydrogen-bond donors (Lipinski definition) is 2. The first-order valence-electron chi connectivity index (χ1n) is 7.29. The summed E-state index contributed by atoms with van der Waals surface area (Å²) in [6, 6.07) is 9.16. The molecule has 0 aromatic heterocycles. The van der Waals surface area contributed by atoms with Crippen LogP contribution in [0.4, 0.5) is 4.79 Å². The molecule has 1 amide bonds. The Bertz CT molecular complexity index is 431. The van der Waals surface area contributed by atoms with Gasteiger partial charge in [0.1, 0.15) is 6.61 Å². The number of aliphatic hydroxyl groups is 1. The van der Waals surface area contributed by atoms with Crippen molar-refractivity contribution in [2.24, 2.45) is 5.92 Å². The van der Waals surface area contributed by atoms with Gasteiger partial charge in [-0.15, -0.1) is 6.58 Å². The van der Waals surface area contributed by atoms with E-state index in [0.717, 1.165) is 5.56 Å². The molecule has 0 heterocycles. The van der Waals surface area contributed by atoms with Gasteiger partial charge in [0.2, 0.25) is 0 Å². The summed E-state index contributed by atoms with van der Waals surface area (Å²) in [6.45, 7) is 7.93. The average molecular weight is 291 g/mol. The zero-order valence-electron chi connectivity index (χ0n) is 12.8. The predicted octanol–water partition coefficient (Wildman–Crippen LogP) is 3.26. The molecule has 1 rings (SSSR count). The van der Waals surface area contributed by atoms with Gasteiger partial charge in [-0.25, -0.2) is 4.79 Å². The number of alkyl carbamates (subject to hydrolysis) is 1. The molecule has 0 fully saturated rings. The van der Waals surface area contributed by atoms with E-state index in [1.807, 2.05) is 44.2 Å². The molecule has 0 unspecified atom stereocenters. The van der Waals surface area contributed by atoms with E-state index < -0.39 is 12.2 Å². The molecular weight excluding hydrogens is 266 g/mol. The van der Waals surface area contributed by atoms with Gasteiger partial charge in [0.25, 0.3) is 0 Å². The lowest BCUT2D eigenvalue weighted by Gasteiger charge is -2.24. The van der Waals surface area contributed by atoms with Crippen LogP contribution in [0.3, 0.4) is 0 Å². The van der Waals surface area contributed by atoms with Gasteiger partial charge in [-0.05, 0) is 24.3 Å². The van der Waals surface area contributed by atoms with Crippen LogP contribution in [0.25, 0.3) is 0 Å². The van der Waals surface area contributed by atoms with Crippen molar-refractivity contribution in [3.05, 3.63) is 48.6 Å². The van der Waals surface area contributed by atoms with Crippen molar-refractivity contribution in [2.45, 2.75) is 45.4 Å². The van der Waals surface area contributed by atoms with Gasteiger partial charge in [-0.2, -0.15) is 0 Å². The standard InChI is InChI=1S/C17H25NO3/c1-4-8-16(19)15(11-13(2)3)18-17(20)21-12-14-9-6-5-7-10-14/h4-7,9-10,13,15-16,19H,1,8,11-12H2,2-3H3,(H,18,20)/t15-,16+/m1/s1. The third kappa shape index (κ3) is 6.95. The molecule has 0 spiro atoms. The molecule has 2 N–H and O–H groups in total. The van der Waals surface area contributed by atoms with Crippen molar-refractivity contribution >= 4 is 6.09 Å². The normalized spacial score (nSPS) is 13.5. The van der Waals surface area contributed by atoms with Crippen molar-refractivity contribution < 1.29 is 14.6 Å². The summed E-state index contributed by atoms with van der Waals surface area (Å²) in [4.78, 5) is 11.8. The first kappa shape index (κ1) is 17.2. The van der Waals surface area contributed by atoms with E-state index in [4.69, 9.17) is 4.74 Å². The van der Waals surface area contributed by atoms with Gasteiger partial charge in [-0.1, -0.05) is 50.3 Å². The number of rotatable bonds is 8. The van der Waals surface area contributed by atoms with E-state index in [1.165, 1.54) is 0 Å². The molecule has 0 radical (unpaired) electrons. The lowest BCUT2D eigenvalue weighted by Crippen LogP contribution is -2.44. The number of hydrogen-bond acceptors (Lipinski definition) is 3. The van der Waals surface area contributed by atoms with Crippen LogP contribution in [0.5, 0.6) is 0 Å². The number of carbonyl (C=O) groups is 1. The van der Waals surface area contributed by atoms with Gasteiger partial charge in [-0.3, -0.25) is 0 Å². The Balaban J connectivity index is 2.49. The Labute approximate surface area is 126 Å². The molecule has 0 bridgehead atoms. The maximum Gasteiger partial charge on any atom is 0.407 e. The molecule has 0 aliphatic heterocycles. The van der Waals surface area contributed by atoms with E-state index in [-0.39, 0.29) is 12.6 Å². The van der Waals surface area contributed by atoms with Crippen LogP contribution < -0.4 is 5.32 Å². The Morgan fingerprint density at radius 1 is 1.38 bits per heavy atom.